The summed E-state index contributed by atoms with van der Waals surface area (Å²) >= 11 is 0. The van der Waals surface area contributed by atoms with Crippen molar-refractivity contribution in [3.63, 3.8) is 0 Å². The molecule has 1 aromatic carbocycles. The Morgan fingerprint density at radius 2 is 2.12 bits per heavy atom. The highest BCUT2D eigenvalue weighted by molar-refractivity contribution is 5.72. The van der Waals surface area contributed by atoms with Crippen LogP contribution in [0, 0.1) is 0 Å². The smallest absolute Gasteiger partial charge is 0.408 e. The molecule has 0 fully saturated rings. The third-order valence-electron chi connectivity index (χ3n) is 2.65. The Morgan fingerprint density at radius 3 is 2.94 bits per heavy atom. The summed E-state index contributed by atoms with van der Waals surface area (Å²) in [5.74, 6) is -0.393. The van der Waals surface area contributed by atoms with E-state index in [1.54, 1.807) is 0 Å². The van der Waals surface area contributed by atoms with E-state index in [2.05, 4.69) is 4.98 Å². The van der Waals surface area contributed by atoms with Gasteiger partial charge in [0.05, 0.1) is 5.52 Å². The number of H-pyrrole nitrogens is 1. The third kappa shape index (κ3) is 2.52. The van der Waals surface area contributed by atoms with Gasteiger partial charge in [-0.2, -0.15) is 0 Å². The lowest BCUT2D eigenvalue weighted by Gasteiger charge is -2.00. The normalized spacial score (nSPS) is 11.1. The molecule has 1 heterocycles. The van der Waals surface area contributed by atoms with E-state index >= 15 is 0 Å². The maximum absolute atomic E-state index is 11.0. The van der Waals surface area contributed by atoms with Gasteiger partial charge < -0.3 is 10.2 Å². The first-order valence-corrected chi connectivity index (χ1v) is 5.61. The molecule has 2 aromatic rings. The minimum absolute atomic E-state index is 0.393. The van der Waals surface area contributed by atoms with Crippen molar-refractivity contribution in [3.8, 4) is 0 Å². The van der Waals surface area contributed by atoms with Crippen molar-refractivity contribution in [2.24, 2.45) is 5.73 Å². The molecular weight excluding hydrogens is 204 g/mol. The first-order valence-electron chi connectivity index (χ1n) is 5.61. The Bertz CT molecular complexity index is 513. The molecule has 0 bridgehead atoms. The average Bonchev–Trinajstić information content (AvgIpc) is 2.64. The Kier molecular flexibility index (Phi) is 3.41. The predicted molar refractivity (Wildman–Crippen MR) is 63.4 cm³/mol. The maximum atomic E-state index is 11.0. The van der Waals surface area contributed by atoms with E-state index < -0.39 is 5.76 Å². The summed E-state index contributed by atoms with van der Waals surface area (Å²) in [6, 6.07) is 5.82. The number of unbranched alkanes of at least 4 members (excludes halogenated alkanes) is 2. The molecule has 1 aromatic heterocycles. The van der Waals surface area contributed by atoms with Crippen molar-refractivity contribution in [2.45, 2.75) is 25.7 Å². The molecule has 0 spiro atoms. The third-order valence-corrected chi connectivity index (χ3v) is 2.65. The van der Waals surface area contributed by atoms with Crippen molar-refractivity contribution >= 4 is 11.1 Å². The summed E-state index contributed by atoms with van der Waals surface area (Å²) in [6.45, 7) is 0.758. The monoisotopic (exact) mass is 220 g/mol. The van der Waals surface area contributed by atoms with Crippen LogP contribution < -0.4 is 11.5 Å². The largest absolute Gasteiger partial charge is 0.417 e. The zero-order valence-electron chi connectivity index (χ0n) is 9.16. The molecule has 0 amide bonds. The number of fused-ring (bicyclic) bond motifs is 1. The van der Waals surface area contributed by atoms with Gasteiger partial charge in [-0.25, -0.2) is 4.79 Å². The highest BCUT2D eigenvalue weighted by Gasteiger charge is 2.01. The van der Waals surface area contributed by atoms with Gasteiger partial charge in [0.1, 0.15) is 0 Å². The van der Waals surface area contributed by atoms with E-state index in [0.29, 0.717) is 5.58 Å². The van der Waals surface area contributed by atoms with E-state index in [9.17, 15) is 4.79 Å². The number of hydrogen-bond acceptors (Lipinski definition) is 3. The van der Waals surface area contributed by atoms with E-state index in [1.807, 2.05) is 18.2 Å². The Hall–Kier alpha value is -1.55. The molecule has 0 atom stereocenters. The van der Waals surface area contributed by atoms with Crippen LogP contribution in [0.25, 0.3) is 11.1 Å². The second kappa shape index (κ2) is 4.99. The summed E-state index contributed by atoms with van der Waals surface area (Å²) in [7, 11) is 0. The molecule has 0 saturated heterocycles. The molecular formula is C12H16N2O2. The van der Waals surface area contributed by atoms with Crippen molar-refractivity contribution < 1.29 is 4.42 Å². The molecule has 0 aliphatic rings. The molecule has 86 valence electrons. The number of benzene rings is 1. The van der Waals surface area contributed by atoms with Gasteiger partial charge in [0, 0.05) is 0 Å². The van der Waals surface area contributed by atoms with E-state index in [1.165, 1.54) is 5.56 Å². The second-order valence-electron chi connectivity index (χ2n) is 3.94. The fourth-order valence-electron chi connectivity index (χ4n) is 1.80. The van der Waals surface area contributed by atoms with E-state index in [-0.39, 0.29) is 0 Å². The van der Waals surface area contributed by atoms with Crippen LogP contribution in [-0.4, -0.2) is 11.5 Å². The van der Waals surface area contributed by atoms with Gasteiger partial charge in [0.2, 0.25) is 0 Å². The van der Waals surface area contributed by atoms with Crippen molar-refractivity contribution in [3.05, 3.63) is 34.3 Å². The van der Waals surface area contributed by atoms with Gasteiger partial charge >= 0.3 is 5.76 Å². The minimum atomic E-state index is -0.393. The number of aromatic nitrogens is 1. The standard InChI is InChI=1S/C12H16N2O2/c13-7-3-1-2-4-9-5-6-11-10(8-9)14-12(15)16-11/h5-6,8H,1-4,7,13H2,(H,14,15). The zero-order chi connectivity index (χ0) is 11.4. The van der Waals surface area contributed by atoms with E-state index in [0.717, 1.165) is 37.7 Å². The number of nitrogens with two attached hydrogens (primary N) is 1. The Balaban J connectivity index is 2.04. The topological polar surface area (TPSA) is 72.0 Å². The van der Waals surface area contributed by atoms with Crippen LogP contribution in [0.4, 0.5) is 0 Å². The highest BCUT2D eigenvalue weighted by Crippen LogP contribution is 2.14. The van der Waals surface area contributed by atoms with Crippen molar-refractivity contribution in [1.82, 2.24) is 4.98 Å². The fraction of sp³-hybridized carbons (Fsp3) is 0.417. The molecule has 16 heavy (non-hydrogen) atoms. The number of hydrogen-bond donors (Lipinski definition) is 2. The SMILES string of the molecule is NCCCCCc1ccc2oc(=O)[nH]c2c1. The quantitative estimate of drug-likeness (QED) is 0.754. The number of aromatic amines is 1. The lowest BCUT2D eigenvalue weighted by molar-refractivity contribution is 0.555. The second-order valence-corrected chi connectivity index (χ2v) is 3.94. The Morgan fingerprint density at radius 1 is 1.25 bits per heavy atom. The summed E-state index contributed by atoms with van der Waals surface area (Å²) in [4.78, 5) is 13.6. The summed E-state index contributed by atoms with van der Waals surface area (Å²) in [6.07, 6.45) is 4.37. The molecule has 0 saturated carbocycles. The number of oxazole rings is 1. The Labute approximate surface area is 93.5 Å². The van der Waals surface area contributed by atoms with Crippen molar-refractivity contribution in [1.29, 1.82) is 0 Å². The lowest BCUT2D eigenvalue weighted by atomic mass is 10.1. The van der Waals surface area contributed by atoms with Gasteiger partial charge in [-0.15, -0.1) is 0 Å². The number of nitrogens with one attached hydrogen (secondary N) is 1. The van der Waals surface area contributed by atoms with Crippen LogP contribution in [0.15, 0.2) is 27.4 Å². The van der Waals surface area contributed by atoms with Crippen molar-refractivity contribution in [2.75, 3.05) is 6.54 Å². The molecule has 0 radical (unpaired) electrons. The van der Waals surface area contributed by atoms with Gasteiger partial charge in [-0.3, -0.25) is 4.98 Å². The first kappa shape index (κ1) is 11.0. The molecule has 0 aliphatic carbocycles. The number of aryl methyl sites for hydroxylation is 1. The lowest BCUT2D eigenvalue weighted by Crippen LogP contribution is -1.98. The van der Waals surface area contributed by atoms with Gasteiger partial charge in [-0.05, 0) is 43.5 Å². The van der Waals surface area contributed by atoms with Crippen LogP contribution >= 0.6 is 0 Å². The molecule has 4 heteroatoms. The maximum Gasteiger partial charge on any atom is 0.417 e. The molecule has 0 aliphatic heterocycles. The summed E-state index contributed by atoms with van der Waals surface area (Å²) in [5.41, 5.74) is 8.06. The zero-order valence-corrected chi connectivity index (χ0v) is 9.16. The fourth-order valence-corrected chi connectivity index (χ4v) is 1.80. The predicted octanol–water partition coefficient (Wildman–Crippen LogP) is 1.79. The minimum Gasteiger partial charge on any atom is -0.408 e. The van der Waals surface area contributed by atoms with Gasteiger partial charge in [0.25, 0.3) is 0 Å². The van der Waals surface area contributed by atoms with Gasteiger partial charge in [-0.1, -0.05) is 12.5 Å². The average molecular weight is 220 g/mol. The summed E-state index contributed by atoms with van der Waals surface area (Å²) < 4.78 is 4.94. The molecule has 3 N–H and O–H groups in total. The number of rotatable bonds is 5. The molecule has 0 unspecified atom stereocenters. The van der Waals surface area contributed by atoms with Crippen LogP contribution in [0.1, 0.15) is 24.8 Å². The highest BCUT2D eigenvalue weighted by atomic mass is 16.4. The van der Waals surface area contributed by atoms with Crippen LogP contribution in [0.3, 0.4) is 0 Å². The first-order chi connectivity index (χ1) is 7.79. The van der Waals surface area contributed by atoms with Crippen LogP contribution in [0.5, 0.6) is 0 Å². The van der Waals surface area contributed by atoms with Crippen LogP contribution in [-0.2, 0) is 6.42 Å². The molecule has 2 rings (SSSR count). The van der Waals surface area contributed by atoms with Crippen LogP contribution in [0.2, 0.25) is 0 Å². The molecule has 4 nitrogen and oxygen atoms in total. The van der Waals surface area contributed by atoms with Gasteiger partial charge in [0.15, 0.2) is 5.58 Å². The van der Waals surface area contributed by atoms with E-state index in [4.69, 9.17) is 10.2 Å². The summed E-state index contributed by atoms with van der Waals surface area (Å²) in [5, 5.41) is 0.